The fourth-order valence-corrected chi connectivity index (χ4v) is 1.87. The number of anilines is 1. The van der Waals surface area contributed by atoms with Crippen LogP contribution in [0.4, 0.5) is 5.69 Å². The maximum absolute atomic E-state index is 11.2. The molecule has 0 saturated carbocycles. The van der Waals surface area contributed by atoms with Gasteiger partial charge in [0.05, 0.1) is 5.69 Å². The Labute approximate surface area is 117 Å². The molecule has 104 valence electrons. The molecule has 0 bridgehead atoms. The Balaban J connectivity index is 2.42. The summed E-state index contributed by atoms with van der Waals surface area (Å²) >= 11 is 0. The molecule has 0 aliphatic heterocycles. The molecule has 0 radical (unpaired) electrons. The Hall–Kier alpha value is -2.56. The standard InChI is InChI=1S/C15H16N2O3/c1-3-12-14(6-4-9(2)17-12)20-13-7-5-10(16)8-11(13)15(18)19/h4-8H,3,16H2,1-2H3,(H,18,19). The molecule has 0 spiro atoms. The van der Waals surface area contributed by atoms with Crippen molar-refractivity contribution in [2.75, 3.05) is 5.73 Å². The second-order valence-electron chi connectivity index (χ2n) is 4.41. The van der Waals surface area contributed by atoms with E-state index in [1.165, 1.54) is 6.07 Å². The van der Waals surface area contributed by atoms with E-state index in [1.54, 1.807) is 18.2 Å². The van der Waals surface area contributed by atoms with Crippen molar-refractivity contribution in [2.45, 2.75) is 20.3 Å². The van der Waals surface area contributed by atoms with Crippen molar-refractivity contribution in [2.24, 2.45) is 0 Å². The van der Waals surface area contributed by atoms with E-state index in [-0.39, 0.29) is 11.3 Å². The van der Waals surface area contributed by atoms with Crippen LogP contribution in [0.3, 0.4) is 0 Å². The van der Waals surface area contributed by atoms with Gasteiger partial charge in [0.2, 0.25) is 0 Å². The Bertz CT molecular complexity index is 654. The van der Waals surface area contributed by atoms with Gasteiger partial charge in [0.25, 0.3) is 0 Å². The van der Waals surface area contributed by atoms with Gasteiger partial charge in [0.15, 0.2) is 0 Å². The van der Waals surface area contributed by atoms with Crippen molar-refractivity contribution >= 4 is 11.7 Å². The van der Waals surface area contributed by atoms with Gasteiger partial charge in [-0.2, -0.15) is 0 Å². The molecule has 5 heteroatoms. The molecule has 0 fully saturated rings. The number of pyridine rings is 1. The second-order valence-corrected chi connectivity index (χ2v) is 4.41. The molecule has 2 aromatic rings. The number of aromatic carboxylic acids is 1. The summed E-state index contributed by atoms with van der Waals surface area (Å²) in [5, 5.41) is 9.19. The summed E-state index contributed by atoms with van der Waals surface area (Å²) in [5.74, 6) is -0.261. The number of benzene rings is 1. The van der Waals surface area contributed by atoms with Crippen LogP contribution in [0.2, 0.25) is 0 Å². The first kappa shape index (κ1) is 13.9. The number of ether oxygens (including phenoxy) is 1. The van der Waals surface area contributed by atoms with Crippen molar-refractivity contribution in [1.82, 2.24) is 4.98 Å². The van der Waals surface area contributed by atoms with Gasteiger partial charge in [0.1, 0.15) is 17.1 Å². The summed E-state index contributed by atoms with van der Waals surface area (Å²) in [7, 11) is 0. The van der Waals surface area contributed by atoms with E-state index >= 15 is 0 Å². The third-order valence-electron chi connectivity index (χ3n) is 2.86. The number of carbonyl (C=O) groups is 1. The van der Waals surface area contributed by atoms with Gasteiger partial charge in [-0.3, -0.25) is 4.98 Å². The first-order valence-electron chi connectivity index (χ1n) is 6.28. The molecule has 0 saturated heterocycles. The van der Waals surface area contributed by atoms with E-state index in [0.29, 0.717) is 17.9 Å². The van der Waals surface area contributed by atoms with Gasteiger partial charge < -0.3 is 15.6 Å². The molecular formula is C15H16N2O3. The van der Waals surface area contributed by atoms with Crippen molar-refractivity contribution in [3.63, 3.8) is 0 Å². The average molecular weight is 272 g/mol. The summed E-state index contributed by atoms with van der Waals surface area (Å²) in [4.78, 5) is 15.6. The Morgan fingerprint density at radius 1 is 1.30 bits per heavy atom. The van der Waals surface area contributed by atoms with Crippen LogP contribution in [0.25, 0.3) is 0 Å². The number of aryl methyl sites for hydroxylation is 2. The lowest BCUT2D eigenvalue weighted by Crippen LogP contribution is -2.03. The Morgan fingerprint density at radius 3 is 2.65 bits per heavy atom. The first-order valence-corrected chi connectivity index (χ1v) is 6.28. The fraction of sp³-hybridized carbons (Fsp3) is 0.200. The molecule has 5 nitrogen and oxygen atoms in total. The number of nitrogens with zero attached hydrogens (tertiary/aromatic N) is 1. The molecule has 0 aliphatic rings. The number of nitrogen functional groups attached to an aromatic ring is 1. The SMILES string of the molecule is CCc1nc(C)ccc1Oc1ccc(N)cc1C(=O)O. The van der Waals surface area contributed by atoms with Crippen LogP contribution in [0.1, 0.15) is 28.7 Å². The lowest BCUT2D eigenvalue weighted by molar-refractivity contribution is 0.0694. The van der Waals surface area contributed by atoms with Gasteiger partial charge in [-0.25, -0.2) is 4.79 Å². The number of rotatable bonds is 4. The van der Waals surface area contributed by atoms with E-state index < -0.39 is 5.97 Å². The summed E-state index contributed by atoms with van der Waals surface area (Å²) < 4.78 is 5.70. The molecule has 0 amide bonds. The van der Waals surface area contributed by atoms with Crippen LogP contribution >= 0.6 is 0 Å². The molecule has 1 heterocycles. The highest BCUT2D eigenvalue weighted by Crippen LogP contribution is 2.29. The van der Waals surface area contributed by atoms with E-state index in [9.17, 15) is 9.90 Å². The third kappa shape index (κ3) is 2.88. The molecule has 20 heavy (non-hydrogen) atoms. The molecular weight excluding hydrogens is 256 g/mol. The number of carboxylic acid groups (broad SMARTS) is 1. The zero-order chi connectivity index (χ0) is 14.7. The number of nitrogens with two attached hydrogens (primary N) is 1. The maximum atomic E-state index is 11.2. The quantitative estimate of drug-likeness (QED) is 0.835. The number of hydrogen-bond acceptors (Lipinski definition) is 4. The Morgan fingerprint density at radius 2 is 2.00 bits per heavy atom. The first-order chi connectivity index (χ1) is 9.51. The number of carboxylic acids is 1. The second kappa shape index (κ2) is 5.61. The lowest BCUT2D eigenvalue weighted by Gasteiger charge is -2.12. The zero-order valence-electron chi connectivity index (χ0n) is 11.4. The van der Waals surface area contributed by atoms with Crippen LogP contribution < -0.4 is 10.5 Å². The molecule has 2 rings (SSSR count). The topological polar surface area (TPSA) is 85.4 Å². The van der Waals surface area contributed by atoms with Crippen LogP contribution in [0, 0.1) is 6.92 Å². The highest BCUT2D eigenvalue weighted by molar-refractivity contribution is 5.92. The lowest BCUT2D eigenvalue weighted by atomic mass is 10.1. The minimum absolute atomic E-state index is 0.0348. The van der Waals surface area contributed by atoms with Crippen molar-refractivity contribution in [3.8, 4) is 11.5 Å². The van der Waals surface area contributed by atoms with E-state index in [4.69, 9.17) is 10.5 Å². The maximum Gasteiger partial charge on any atom is 0.339 e. The van der Waals surface area contributed by atoms with Crippen LogP contribution in [-0.4, -0.2) is 16.1 Å². The van der Waals surface area contributed by atoms with Crippen LogP contribution in [0.5, 0.6) is 11.5 Å². The number of aromatic nitrogens is 1. The van der Waals surface area contributed by atoms with Gasteiger partial charge in [-0.1, -0.05) is 6.92 Å². The molecule has 1 aromatic carbocycles. The zero-order valence-corrected chi connectivity index (χ0v) is 11.4. The normalized spacial score (nSPS) is 10.3. The monoisotopic (exact) mass is 272 g/mol. The molecule has 1 aromatic heterocycles. The highest BCUT2D eigenvalue weighted by Gasteiger charge is 2.14. The third-order valence-corrected chi connectivity index (χ3v) is 2.86. The predicted molar refractivity (Wildman–Crippen MR) is 76.2 cm³/mol. The highest BCUT2D eigenvalue weighted by atomic mass is 16.5. The van der Waals surface area contributed by atoms with Crippen LogP contribution in [-0.2, 0) is 6.42 Å². The molecule has 0 aliphatic carbocycles. The Kier molecular flexibility index (Phi) is 3.89. The molecule has 0 atom stereocenters. The van der Waals surface area contributed by atoms with Gasteiger partial charge >= 0.3 is 5.97 Å². The fourth-order valence-electron chi connectivity index (χ4n) is 1.87. The van der Waals surface area contributed by atoms with Gasteiger partial charge in [0, 0.05) is 11.4 Å². The summed E-state index contributed by atoms with van der Waals surface area (Å²) in [6.45, 7) is 3.87. The van der Waals surface area contributed by atoms with E-state index in [1.807, 2.05) is 19.9 Å². The van der Waals surface area contributed by atoms with Crippen molar-refractivity contribution < 1.29 is 14.6 Å². The predicted octanol–water partition coefficient (Wildman–Crippen LogP) is 3.03. The van der Waals surface area contributed by atoms with E-state index in [0.717, 1.165) is 11.4 Å². The molecule has 3 N–H and O–H groups in total. The smallest absolute Gasteiger partial charge is 0.339 e. The van der Waals surface area contributed by atoms with Crippen LogP contribution in [0.15, 0.2) is 30.3 Å². The largest absolute Gasteiger partial charge is 0.478 e. The van der Waals surface area contributed by atoms with Crippen molar-refractivity contribution in [3.05, 3.63) is 47.3 Å². The average Bonchev–Trinajstić information content (AvgIpc) is 2.42. The number of hydrogen-bond donors (Lipinski definition) is 2. The van der Waals surface area contributed by atoms with E-state index in [2.05, 4.69) is 4.98 Å². The summed E-state index contributed by atoms with van der Waals surface area (Å²) in [5.41, 5.74) is 7.70. The summed E-state index contributed by atoms with van der Waals surface area (Å²) in [6, 6.07) is 8.16. The minimum Gasteiger partial charge on any atom is -0.478 e. The van der Waals surface area contributed by atoms with Gasteiger partial charge in [-0.15, -0.1) is 0 Å². The van der Waals surface area contributed by atoms with Crippen molar-refractivity contribution in [1.29, 1.82) is 0 Å². The molecule has 0 unspecified atom stereocenters. The van der Waals surface area contributed by atoms with Gasteiger partial charge in [-0.05, 0) is 43.7 Å². The minimum atomic E-state index is -1.08. The summed E-state index contributed by atoms with van der Waals surface area (Å²) in [6.07, 6.45) is 0.703.